The van der Waals surface area contributed by atoms with Crippen molar-refractivity contribution in [2.45, 2.75) is 32.4 Å². The van der Waals surface area contributed by atoms with E-state index in [9.17, 15) is 0 Å². The molecule has 1 aromatic carbocycles. The minimum absolute atomic E-state index is 0.136. The van der Waals surface area contributed by atoms with Crippen LogP contribution in [0.2, 0.25) is 5.02 Å². The molecule has 0 radical (unpaired) electrons. The monoisotopic (exact) mass is 296 g/mol. The predicted octanol–water partition coefficient (Wildman–Crippen LogP) is 3.10. The lowest BCUT2D eigenvalue weighted by Crippen LogP contribution is -2.54. The molecule has 0 bridgehead atoms. The normalized spacial score (nSPS) is 19.0. The molecule has 1 heterocycles. The number of hydrogen-bond acceptors (Lipinski definition) is 3. The third-order valence-electron chi connectivity index (χ3n) is 4.06. The Morgan fingerprint density at radius 2 is 2.05 bits per heavy atom. The first-order valence-corrected chi connectivity index (χ1v) is 7.68. The second kappa shape index (κ2) is 6.90. The van der Waals surface area contributed by atoms with Crippen LogP contribution in [0.5, 0.6) is 0 Å². The number of hydrogen-bond donors (Lipinski definition) is 1. The van der Waals surface area contributed by atoms with Crippen LogP contribution in [0.1, 0.15) is 32.4 Å². The third-order valence-corrected chi connectivity index (χ3v) is 4.29. The van der Waals surface area contributed by atoms with Crippen LogP contribution in [-0.2, 0) is 4.74 Å². The second-order valence-electron chi connectivity index (χ2n) is 6.07. The fourth-order valence-electron chi connectivity index (χ4n) is 2.58. The van der Waals surface area contributed by atoms with Crippen molar-refractivity contribution in [1.29, 1.82) is 0 Å². The molecule has 1 unspecified atom stereocenters. The molecule has 1 fully saturated rings. The Labute approximate surface area is 127 Å². The third kappa shape index (κ3) is 4.19. The number of nitrogens with one attached hydrogen (secondary N) is 1. The summed E-state index contributed by atoms with van der Waals surface area (Å²) in [5, 5.41) is 4.42. The summed E-state index contributed by atoms with van der Waals surface area (Å²) in [5.41, 5.74) is 1.37. The van der Waals surface area contributed by atoms with Crippen molar-refractivity contribution in [2.75, 3.05) is 32.8 Å². The Morgan fingerprint density at radius 1 is 1.35 bits per heavy atom. The minimum Gasteiger partial charge on any atom is -0.379 e. The summed E-state index contributed by atoms with van der Waals surface area (Å²) >= 11 is 6.05. The van der Waals surface area contributed by atoms with Crippen LogP contribution < -0.4 is 5.32 Å². The number of benzene rings is 1. The van der Waals surface area contributed by atoms with Crippen molar-refractivity contribution in [3.8, 4) is 0 Å². The van der Waals surface area contributed by atoms with Crippen LogP contribution in [0.4, 0.5) is 0 Å². The number of rotatable bonds is 5. The van der Waals surface area contributed by atoms with Crippen molar-refractivity contribution in [3.63, 3.8) is 0 Å². The summed E-state index contributed by atoms with van der Waals surface area (Å²) in [6.45, 7) is 11.4. The van der Waals surface area contributed by atoms with Gasteiger partial charge in [-0.15, -0.1) is 0 Å². The van der Waals surface area contributed by atoms with Gasteiger partial charge < -0.3 is 10.1 Å². The largest absolute Gasteiger partial charge is 0.379 e. The molecule has 1 atom stereocenters. The van der Waals surface area contributed by atoms with E-state index in [-0.39, 0.29) is 5.54 Å². The van der Waals surface area contributed by atoms with Crippen molar-refractivity contribution in [2.24, 2.45) is 0 Å². The van der Waals surface area contributed by atoms with Gasteiger partial charge in [0, 0.05) is 36.2 Å². The number of ether oxygens (including phenoxy) is 1. The molecule has 0 aromatic heterocycles. The molecule has 0 saturated carbocycles. The molecule has 1 N–H and O–H groups in total. The van der Waals surface area contributed by atoms with E-state index in [0.29, 0.717) is 6.04 Å². The molecule has 3 nitrogen and oxygen atoms in total. The lowest BCUT2D eigenvalue weighted by molar-refractivity contribution is -0.0102. The molecule has 0 amide bonds. The fourth-order valence-corrected chi connectivity index (χ4v) is 2.78. The summed E-state index contributed by atoms with van der Waals surface area (Å²) < 4.78 is 5.43. The van der Waals surface area contributed by atoms with E-state index >= 15 is 0 Å². The molecule has 2 rings (SSSR count). The Balaban J connectivity index is 1.90. The van der Waals surface area contributed by atoms with Gasteiger partial charge in [-0.25, -0.2) is 0 Å². The molecule has 1 aromatic rings. The van der Waals surface area contributed by atoms with E-state index < -0.39 is 0 Å². The summed E-state index contributed by atoms with van der Waals surface area (Å²) in [6.07, 6.45) is 0. The van der Waals surface area contributed by atoms with Gasteiger partial charge in [0.15, 0.2) is 0 Å². The Bertz CT molecular complexity index is 430. The molecular weight excluding hydrogens is 272 g/mol. The Kier molecular flexibility index (Phi) is 5.44. The van der Waals surface area contributed by atoms with Crippen molar-refractivity contribution < 1.29 is 4.74 Å². The maximum atomic E-state index is 6.05. The maximum absolute atomic E-state index is 6.05. The Morgan fingerprint density at radius 3 is 2.70 bits per heavy atom. The first-order valence-electron chi connectivity index (χ1n) is 7.31. The highest BCUT2D eigenvalue weighted by atomic mass is 35.5. The van der Waals surface area contributed by atoms with Crippen LogP contribution in [0.3, 0.4) is 0 Å². The molecule has 4 heteroatoms. The smallest absolute Gasteiger partial charge is 0.0594 e. The van der Waals surface area contributed by atoms with Crippen molar-refractivity contribution in [3.05, 3.63) is 34.9 Å². The van der Waals surface area contributed by atoms with Gasteiger partial charge in [-0.3, -0.25) is 4.90 Å². The van der Waals surface area contributed by atoms with E-state index in [2.05, 4.69) is 37.1 Å². The highest BCUT2D eigenvalue weighted by Gasteiger charge is 2.28. The van der Waals surface area contributed by atoms with Gasteiger partial charge in [0.05, 0.1) is 13.2 Å². The topological polar surface area (TPSA) is 24.5 Å². The fraction of sp³-hybridized carbons (Fsp3) is 0.625. The van der Waals surface area contributed by atoms with E-state index in [1.807, 2.05) is 18.2 Å². The highest BCUT2D eigenvalue weighted by Crippen LogP contribution is 2.20. The van der Waals surface area contributed by atoms with E-state index in [1.165, 1.54) is 5.56 Å². The predicted molar refractivity (Wildman–Crippen MR) is 84.3 cm³/mol. The zero-order valence-corrected chi connectivity index (χ0v) is 13.4. The first kappa shape index (κ1) is 15.8. The van der Waals surface area contributed by atoms with Crippen molar-refractivity contribution in [1.82, 2.24) is 10.2 Å². The molecule has 112 valence electrons. The number of halogens is 1. The molecule has 0 spiro atoms. The molecular formula is C16H25ClN2O. The SMILES string of the molecule is CC(NCC(C)(C)N1CCOCC1)c1cccc(Cl)c1. The van der Waals surface area contributed by atoms with Gasteiger partial charge in [-0.2, -0.15) is 0 Å². The lowest BCUT2D eigenvalue weighted by Gasteiger charge is -2.41. The standard InChI is InChI=1S/C16H25ClN2O/c1-13(14-5-4-6-15(17)11-14)18-12-16(2,3)19-7-9-20-10-8-19/h4-6,11,13,18H,7-10,12H2,1-3H3. The minimum atomic E-state index is 0.136. The summed E-state index contributed by atoms with van der Waals surface area (Å²) in [7, 11) is 0. The van der Waals surface area contributed by atoms with E-state index in [0.717, 1.165) is 37.9 Å². The Hall–Kier alpha value is -0.610. The van der Waals surface area contributed by atoms with Crippen LogP contribution in [-0.4, -0.2) is 43.3 Å². The average Bonchev–Trinajstić information content (AvgIpc) is 2.46. The van der Waals surface area contributed by atoms with Gasteiger partial charge >= 0.3 is 0 Å². The van der Waals surface area contributed by atoms with Gasteiger partial charge in [0.25, 0.3) is 0 Å². The van der Waals surface area contributed by atoms with Crippen LogP contribution in [0, 0.1) is 0 Å². The average molecular weight is 297 g/mol. The van der Waals surface area contributed by atoms with Crippen LogP contribution >= 0.6 is 11.6 Å². The molecule has 1 saturated heterocycles. The summed E-state index contributed by atoms with van der Waals surface area (Å²) in [4.78, 5) is 2.49. The van der Waals surface area contributed by atoms with Gasteiger partial charge in [-0.1, -0.05) is 23.7 Å². The quantitative estimate of drug-likeness (QED) is 0.903. The van der Waals surface area contributed by atoms with Crippen LogP contribution in [0.15, 0.2) is 24.3 Å². The lowest BCUT2D eigenvalue weighted by atomic mass is 10.0. The van der Waals surface area contributed by atoms with Crippen LogP contribution in [0.25, 0.3) is 0 Å². The van der Waals surface area contributed by atoms with Gasteiger partial charge in [0.1, 0.15) is 0 Å². The summed E-state index contributed by atoms with van der Waals surface area (Å²) in [6, 6.07) is 8.36. The van der Waals surface area contributed by atoms with Crippen molar-refractivity contribution >= 4 is 11.6 Å². The molecule has 0 aliphatic carbocycles. The second-order valence-corrected chi connectivity index (χ2v) is 6.51. The zero-order chi connectivity index (χ0) is 14.6. The number of morpholine rings is 1. The maximum Gasteiger partial charge on any atom is 0.0594 e. The molecule has 20 heavy (non-hydrogen) atoms. The summed E-state index contributed by atoms with van der Waals surface area (Å²) in [5.74, 6) is 0. The van der Waals surface area contributed by atoms with Gasteiger partial charge in [0.2, 0.25) is 0 Å². The molecule has 1 aliphatic rings. The molecule has 1 aliphatic heterocycles. The zero-order valence-electron chi connectivity index (χ0n) is 12.7. The highest BCUT2D eigenvalue weighted by molar-refractivity contribution is 6.30. The number of nitrogens with zero attached hydrogens (tertiary/aromatic N) is 1. The first-order chi connectivity index (χ1) is 9.49. The van der Waals surface area contributed by atoms with E-state index in [4.69, 9.17) is 16.3 Å². The van der Waals surface area contributed by atoms with Gasteiger partial charge in [-0.05, 0) is 38.5 Å². The van der Waals surface area contributed by atoms with E-state index in [1.54, 1.807) is 0 Å².